The van der Waals surface area contributed by atoms with Gasteiger partial charge in [0.25, 0.3) is 0 Å². The Morgan fingerprint density at radius 1 is 1.06 bits per heavy atom. The Balaban J connectivity index is 1.45. The number of H-pyrrole nitrogens is 2. The molecule has 1 saturated heterocycles. The lowest BCUT2D eigenvalue weighted by Crippen LogP contribution is -2.29. The average molecular weight is 472 g/mol. The van der Waals surface area contributed by atoms with Crippen molar-refractivity contribution in [3.05, 3.63) is 48.3 Å². The summed E-state index contributed by atoms with van der Waals surface area (Å²) in [5.41, 5.74) is 5.25. The number of pyridine rings is 3. The van der Waals surface area contributed by atoms with Gasteiger partial charge in [-0.3, -0.25) is 10.1 Å². The molecule has 35 heavy (non-hydrogen) atoms. The maximum absolute atomic E-state index is 16.0. The van der Waals surface area contributed by atoms with Crippen LogP contribution in [0.3, 0.4) is 0 Å². The van der Waals surface area contributed by atoms with Gasteiger partial charge < -0.3 is 14.8 Å². The maximum atomic E-state index is 16.0. The summed E-state index contributed by atoms with van der Waals surface area (Å²) in [7, 11) is 3.97. The molecule has 1 aliphatic heterocycles. The highest BCUT2D eigenvalue weighted by molar-refractivity contribution is 5.95. The van der Waals surface area contributed by atoms with Crippen LogP contribution in [-0.2, 0) is 6.54 Å². The molecule has 0 spiro atoms. The smallest absolute Gasteiger partial charge is 0.161 e. The molecule has 10 heteroatoms. The number of aromatic amines is 2. The molecule has 5 aromatic heterocycles. The molecule has 6 rings (SSSR count). The quantitative estimate of drug-likeness (QED) is 0.397. The van der Waals surface area contributed by atoms with E-state index in [4.69, 9.17) is 4.98 Å². The molecule has 6 heterocycles. The normalized spacial score (nSPS) is 14.5. The predicted octanol–water partition coefficient (Wildman–Crippen LogP) is 4.15. The molecule has 0 atom stereocenters. The van der Waals surface area contributed by atoms with Gasteiger partial charge in [-0.25, -0.2) is 19.3 Å². The van der Waals surface area contributed by atoms with Gasteiger partial charge in [0.05, 0.1) is 11.1 Å². The Hall–Kier alpha value is -3.92. The number of halogens is 1. The summed E-state index contributed by atoms with van der Waals surface area (Å²) in [5, 5.41) is 7.51. The minimum Gasteiger partial charge on any atom is -0.370 e. The lowest BCUT2D eigenvalue weighted by molar-refractivity contribution is 0.402. The number of anilines is 1. The summed E-state index contributed by atoms with van der Waals surface area (Å²) < 4.78 is 16.0. The van der Waals surface area contributed by atoms with Crippen molar-refractivity contribution in [1.29, 1.82) is 0 Å². The molecule has 1 aliphatic rings. The summed E-state index contributed by atoms with van der Waals surface area (Å²) in [4.78, 5) is 25.7. The zero-order chi connectivity index (χ0) is 23.9. The lowest BCUT2D eigenvalue weighted by atomic mass is 10.1. The van der Waals surface area contributed by atoms with Gasteiger partial charge in [-0.05, 0) is 51.1 Å². The van der Waals surface area contributed by atoms with E-state index in [0.717, 1.165) is 42.7 Å². The van der Waals surface area contributed by atoms with Crippen molar-refractivity contribution in [1.82, 2.24) is 40.0 Å². The highest BCUT2D eigenvalue weighted by Gasteiger charge is 2.22. The average Bonchev–Trinajstić information content (AvgIpc) is 3.49. The third-order valence-electron chi connectivity index (χ3n) is 6.42. The van der Waals surface area contributed by atoms with E-state index in [-0.39, 0.29) is 0 Å². The number of hydrogen-bond acceptors (Lipinski definition) is 7. The predicted molar refractivity (Wildman–Crippen MR) is 133 cm³/mol. The first-order chi connectivity index (χ1) is 17.1. The van der Waals surface area contributed by atoms with Crippen LogP contribution in [0.15, 0.2) is 36.9 Å². The van der Waals surface area contributed by atoms with Crippen LogP contribution >= 0.6 is 0 Å². The lowest BCUT2D eigenvalue weighted by Gasteiger charge is -2.28. The molecule has 2 N–H and O–H groups in total. The molecule has 0 aliphatic carbocycles. The van der Waals surface area contributed by atoms with Gasteiger partial charge in [0.1, 0.15) is 17.0 Å². The number of piperidine rings is 1. The van der Waals surface area contributed by atoms with Crippen molar-refractivity contribution in [3.8, 4) is 22.6 Å². The van der Waals surface area contributed by atoms with Crippen molar-refractivity contribution >= 4 is 27.9 Å². The second kappa shape index (κ2) is 8.70. The molecule has 0 saturated carbocycles. The monoisotopic (exact) mass is 471 g/mol. The van der Waals surface area contributed by atoms with Crippen LogP contribution in [0.5, 0.6) is 0 Å². The fourth-order valence-corrected chi connectivity index (χ4v) is 4.81. The summed E-state index contributed by atoms with van der Waals surface area (Å²) in [5.74, 6) is 0.0489. The van der Waals surface area contributed by atoms with Crippen LogP contribution in [0.1, 0.15) is 24.8 Å². The van der Waals surface area contributed by atoms with Crippen LogP contribution in [0.4, 0.5) is 10.1 Å². The van der Waals surface area contributed by atoms with Gasteiger partial charge >= 0.3 is 0 Å². The number of fused-ring (bicyclic) bond motifs is 2. The van der Waals surface area contributed by atoms with E-state index in [2.05, 4.69) is 35.0 Å². The van der Waals surface area contributed by atoms with Crippen LogP contribution in [0.2, 0.25) is 0 Å². The summed E-state index contributed by atoms with van der Waals surface area (Å²) in [6, 6.07) is 3.93. The third-order valence-corrected chi connectivity index (χ3v) is 6.42. The molecule has 5 aromatic rings. The van der Waals surface area contributed by atoms with Gasteiger partial charge in [0.2, 0.25) is 0 Å². The molecular formula is C25H26FN9. The van der Waals surface area contributed by atoms with Crippen LogP contribution < -0.4 is 4.90 Å². The van der Waals surface area contributed by atoms with Crippen molar-refractivity contribution in [3.63, 3.8) is 0 Å². The van der Waals surface area contributed by atoms with Gasteiger partial charge in [0, 0.05) is 55.5 Å². The molecule has 0 aromatic carbocycles. The SMILES string of the molecule is CN(C)Cc1cncc(-c2cnc3[nH]nc(-c4nc5c(N6CCCCC6)ccnc5[nH]4)c3c2F)c1. The fraction of sp³-hybridized carbons (Fsp3) is 0.320. The van der Waals surface area contributed by atoms with Crippen molar-refractivity contribution in [2.45, 2.75) is 25.8 Å². The molecule has 0 radical (unpaired) electrons. The molecule has 178 valence electrons. The standard InChI is InChI=1S/C25H26FN9/c1-34(2)14-15-10-16(12-27-11-15)17-13-29-23-19(20(17)26)22(32-33-23)25-30-21-18(6-7-28-24(21)31-25)35-8-4-3-5-9-35/h6-7,10-13H,3-5,8-9,14H2,1-2H3,(H,28,30,31)(H,29,32,33). The van der Waals surface area contributed by atoms with E-state index < -0.39 is 5.82 Å². The van der Waals surface area contributed by atoms with E-state index in [0.29, 0.717) is 45.9 Å². The number of rotatable bonds is 5. The first-order valence-electron chi connectivity index (χ1n) is 11.8. The van der Waals surface area contributed by atoms with Crippen LogP contribution in [-0.4, -0.2) is 67.2 Å². The minimum atomic E-state index is -0.410. The highest BCUT2D eigenvalue weighted by Crippen LogP contribution is 2.34. The maximum Gasteiger partial charge on any atom is 0.161 e. The zero-order valence-corrected chi connectivity index (χ0v) is 19.7. The molecule has 0 unspecified atom stereocenters. The Morgan fingerprint density at radius 2 is 1.91 bits per heavy atom. The largest absolute Gasteiger partial charge is 0.370 e. The molecular weight excluding hydrogens is 445 g/mol. The molecule has 0 bridgehead atoms. The summed E-state index contributed by atoms with van der Waals surface area (Å²) >= 11 is 0. The number of hydrogen-bond donors (Lipinski definition) is 2. The van der Waals surface area contributed by atoms with Gasteiger partial charge in [-0.2, -0.15) is 5.10 Å². The highest BCUT2D eigenvalue weighted by atomic mass is 19.1. The van der Waals surface area contributed by atoms with Crippen molar-refractivity contribution < 1.29 is 4.39 Å². The summed E-state index contributed by atoms with van der Waals surface area (Å²) in [6.45, 7) is 2.70. The molecule has 0 amide bonds. The Labute approximate surface area is 201 Å². The second-order valence-electron chi connectivity index (χ2n) is 9.26. The van der Waals surface area contributed by atoms with Crippen LogP contribution in [0.25, 0.3) is 44.8 Å². The van der Waals surface area contributed by atoms with Crippen molar-refractivity contribution in [2.75, 3.05) is 32.1 Å². The van der Waals surface area contributed by atoms with E-state index >= 15 is 4.39 Å². The van der Waals surface area contributed by atoms with E-state index in [9.17, 15) is 0 Å². The number of imidazole rings is 1. The number of nitrogens with one attached hydrogen (secondary N) is 2. The van der Waals surface area contributed by atoms with Crippen molar-refractivity contribution in [2.24, 2.45) is 0 Å². The van der Waals surface area contributed by atoms with E-state index in [1.165, 1.54) is 12.6 Å². The summed E-state index contributed by atoms with van der Waals surface area (Å²) in [6.07, 6.45) is 10.3. The number of aromatic nitrogens is 7. The van der Waals surface area contributed by atoms with E-state index in [1.807, 2.05) is 31.1 Å². The minimum absolute atomic E-state index is 0.291. The van der Waals surface area contributed by atoms with Gasteiger partial charge in [-0.15, -0.1) is 0 Å². The molecule has 1 fully saturated rings. The Bertz CT molecular complexity index is 1510. The fourth-order valence-electron chi connectivity index (χ4n) is 4.81. The third kappa shape index (κ3) is 3.89. The van der Waals surface area contributed by atoms with Gasteiger partial charge in [-0.1, -0.05) is 0 Å². The number of nitrogens with zero attached hydrogens (tertiary/aromatic N) is 7. The first kappa shape index (κ1) is 21.6. The molecule has 9 nitrogen and oxygen atoms in total. The Kier molecular flexibility index (Phi) is 5.37. The first-order valence-corrected chi connectivity index (χ1v) is 11.8. The van der Waals surface area contributed by atoms with Gasteiger partial charge in [0.15, 0.2) is 17.1 Å². The Morgan fingerprint density at radius 3 is 2.74 bits per heavy atom. The van der Waals surface area contributed by atoms with E-state index in [1.54, 1.807) is 18.6 Å². The van der Waals surface area contributed by atoms with Crippen LogP contribution in [0, 0.1) is 5.82 Å². The second-order valence-corrected chi connectivity index (χ2v) is 9.26. The topological polar surface area (TPSA) is 103 Å². The zero-order valence-electron chi connectivity index (χ0n) is 19.7.